The van der Waals surface area contributed by atoms with E-state index < -0.39 is 7.12 Å². The van der Waals surface area contributed by atoms with E-state index >= 15 is 0 Å². The van der Waals surface area contributed by atoms with E-state index in [4.69, 9.17) is 14.3 Å². The molecular formula is C25H28BN5O2. The van der Waals surface area contributed by atoms with Crippen LogP contribution in [0, 0.1) is 0 Å². The second kappa shape index (κ2) is 7.97. The summed E-state index contributed by atoms with van der Waals surface area (Å²) in [6, 6.07) is 18.3. The van der Waals surface area contributed by atoms with Gasteiger partial charge >= 0.3 is 7.12 Å². The SMILES string of the molecule is C[C@H](Nc1nccc(-n2cnc3cc(B4OC(C)(C)C(C)(C)O4)ccc32)n1)c1ccccc1. The molecule has 1 aliphatic rings. The van der Waals surface area contributed by atoms with E-state index in [1.165, 1.54) is 5.56 Å². The Morgan fingerprint density at radius 2 is 1.67 bits per heavy atom. The van der Waals surface area contributed by atoms with Gasteiger partial charge < -0.3 is 14.6 Å². The van der Waals surface area contributed by atoms with Crippen molar-refractivity contribution in [3.63, 3.8) is 0 Å². The summed E-state index contributed by atoms with van der Waals surface area (Å²) in [5, 5.41) is 3.38. The minimum Gasteiger partial charge on any atom is -0.399 e. The zero-order valence-corrected chi connectivity index (χ0v) is 19.6. The van der Waals surface area contributed by atoms with Gasteiger partial charge in [-0.15, -0.1) is 0 Å². The molecule has 0 radical (unpaired) electrons. The Morgan fingerprint density at radius 1 is 0.939 bits per heavy atom. The lowest BCUT2D eigenvalue weighted by Crippen LogP contribution is -2.41. The first-order valence-corrected chi connectivity index (χ1v) is 11.2. The van der Waals surface area contributed by atoms with E-state index in [2.05, 4.69) is 62.0 Å². The lowest BCUT2D eigenvalue weighted by Gasteiger charge is -2.32. The number of nitrogens with zero attached hydrogens (tertiary/aromatic N) is 4. The van der Waals surface area contributed by atoms with Crippen LogP contribution < -0.4 is 10.8 Å². The summed E-state index contributed by atoms with van der Waals surface area (Å²) in [6.07, 6.45) is 3.54. The zero-order chi connectivity index (χ0) is 23.2. The Kier molecular flexibility index (Phi) is 5.22. The van der Waals surface area contributed by atoms with Crippen LogP contribution >= 0.6 is 0 Å². The molecule has 8 heteroatoms. The third-order valence-corrected chi connectivity index (χ3v) is 6.63. The molecule has 1 aliphatic heterocycles. The van der Waals surface area contributed by atoms with E-state index in [9.17, 15) is 0 Å². The highest BCUT2D eigenvalue weighted by molar-refractivity contribution is 6.62. The van der Waals surface area contributed by atoms with Gasteiger partial charge in [0.2, 0.25) is 5.95 Å². The monoisotopic (exact) mass is 441 g/mol. The van der Waals surface area contributed by atoms with Crippen LogP contribution in [-0.2, 0) is 9.31 Å². The predicted octanol–water partition coefficient (Wildman–Crippen LogP) is 4.29. The van der Waals surface area contributed by atoms with E-state index in [1.807, 2.05) is 47.0 Å². The number of imidazole rings is 1. The fourth-order valence-electron chi connectivity index (χ4n) is 3.91. The van der Waals surface area contributed by atoms with Crippen LogP contribution in [0.1, 0.15) is 46.2 Å². The molecule has 2 aromatic heterocycles. The van der Waals surface area contributed by atoms with Crippen molar-refractivity contribution in [2.24, 2.45) is 0 Å². The average Bonchev–Trinajstić information content (AvgIpc) is 3.31. The topological polar surface area (TPSA) is 74.1 Å². The normalized spacial score (nSPS) is 17.9. The van der Waals surface area contributed by atoms with Gasteiger partial charge in [-0.3, -0.25) is 4.57 Å². The van der Waals surface area contributed by atoms with Gasteiger partial charge in [0.1, 0.15) is 12.1 Å². The maximum Gasteiger partial charge on any atom is 0.494 e. The average molecular weight is 441 g/mol. The number of hydrogen-bond acceptors (Lipinski definition) is 6. The molecule has 1 saturated heterocycles. The van der Waals surface area contributed by atoms with Crippen LogP contribution in [0.25, 0.3) is 16.9 Å². The zero-order valence-electron chi connectivity index (χ0n) is 19.6. The summed E-state index contributed by atoms with van der Waals surface area (Å²) in [5.41, 5.74) is 3.17. The Labute approximate surface area is 194 Å². The fourth-order valence-corrected chi connectivity index (χ4v) is 3.91. The third kappa shape index (κ3) is 4.00. The molecule has 2 aromatic carbocycles. The van der Waals surface area contributed by atoms with Gasteiger partial charge in [0.05, 0.1) is 28.3 Å². The fraction of sp³-hybridized carbons (Fsp3) is 0.320. The van der Waals surface area contributed by atoms with Crippen molar-refractivity contribution in [3.8, 4) is 5.82 Å². The molecule has 1 fully saturated rings. The Hall–Kier alpha value is -3.23. The first-order valence-electron chi connectivity index (χ1n) is 11.2. The Bertz CT molecular complexity index is 1270. The van der Waals surface area contributed by atoms with Crippen LogP contribution in [0.5, 0.6) is 0 Å². The Balaban J connectivity index is 1.40. The van der Waals surface area contributed by atoms with E-state index in [1.54, 1.807) is 12.5 Å². The predicted molar refractivity (Wildman–Crippen MR) is 131 cm³/mol. The molecule has 0 bridgehead atoms. The van der Waals surface area contributed by atoms with Gasteiger partial charge in [0.25, 0.3) is 0 Å². The number of rotatable bonds is 5. The highest BCUT2D eigenvalue weighted by atomic mass is 16.7. The molecule has 7 nitrogen and oxygen atoms in total. The number of nitrogens with one attached hydrogen (secondary N) is 1. The third-order valence-electron chi connectivity index (χ3n) is 6.63. The highest BCUT2D eigenvalue weighted by Crippen LogP contribution is 2.36. The lowest BCUT2D eigenvalue weighted by atomic mass is 9.79. The van der Waals surface area contributed by atoms with Crippen molar-refractivity contribution in [1.29, 1.82) is 0 Å². The second-order valence-electron chi connectivity index (χ2n) is 9.47. The molecule has 0 spiro atoms. The van der Waals surface area contributed by atoms with Crippen molar-refractivity contribution in [3.05, 3.63) is 72.7 Å². The van der Waals surface area contributed by atoms with Crippen LogP contribution in [0.3, 0.4) is 0 Å². The number of hydrogen-bond donors (Lipinski definition) is 1. The summed E-state index contributed by atoms with van der Waals surface area (Å²) in [5.74, 6) is 1.32. The largest absolute Gasteiger partial charge is 0.494 e. The number of aromatic nitrogens is 4. The van der Waals surface area contributed by atoms with E-state index in [0.717, 1.165) is 22.3 Å². The molecule has 5 rings (SSSR count). The molecule has 1 N–H and O–H groups in total. The van der Waals surface area contributed by atoms with Crippen molar-refractivity contribution >= 4 is 29.6 Å². The molecule has 1 atom stereocenters. The maximum atomic E-state index is 6.19. The van der Waals surface area contributed by atoms with Gasteiger partial charge in [-0.25, -0.2) is 9.97 Å². The van der Waals surface area contributed by atoms with Crippen LogP contribution in [0.2, 0.25) is 0 Å². The molecule has 4 aromatic rings. The molecule has 33 heavy (non-hydrogen) atoms. The summed E-state index contributed by atoms with van der Waals surface area (Å²) < 4.78 is 14.3. The smallest absolute Gasteiger partial charge is 0.399 e. The van der Waals surface area contributed by atoms with Crippen molar-refractivity contribution < 1.29 is 9.31 Å². The van der Waals surface area contributed by atoms with E-state index in [-0.39, 0.29) is 17.2 Å². The Morgan fingerprint density at radius 3 is 2.39 bits per heavy atom. The summed E-state index contributed by atoms with van der Waals surface area (Å²) in [6.45, 7) is 10.3. The summed E-state index contributed by atoms with van der Waals surface area (Å²) >= 11 is 0. The quantitative estimate of drug-likeness (QED) is 0.466. The van der Waals surface area contributed by atoms with Gasteiger partial charge in [-0.1, -0.05) is 36.4 Å². The number of anilines is 1. The minimum atomic E-state index is -0.418. The van der Waals surface area contributed by atoms with Gasteiger partial charge in [0.15, 0.2) is 0 Å². The first kappa shape index (κ1) is 21.6. The first-order chi connectivity index (χ1) is 15.7. The van der Waals surface area contributed by atoms with E-state index in [0.29, 0.717) is 5.95 Å². The molecule has 0 aliphatic carbocycles. The molecule has 168 valence electrons. The molecule has 0 amide bonds. The number of fused-ring (bicyclic) bond motifs is 1. The second-order valence-corrected chi connectivity index (χ2v) is 9.47. The molecule has 0 unspecified atom stereocenters. The summed E-state index contributed by atoms with van der Waals surface area (Å²) in [7, 11) is -0.418. The standard InChI is InChI=1S/C25H28BN5O2/c1-17(18-9-7-6-8-10-18)29-23-27-14-13-22(30-23)31-16-28-20-15-19(11-12-21(20)31)26-32-24(2,3)25(4,5)33-26/h6-17H,1-5H3,(H,27,29,30)/t17-/m0/s1. The van der Waals surface area contributed by atoms with Crippen molar-refractivity contribution in [1.82, 2.24) is 19.5 Å². The molecular weight excluding hydrogens is 413 g/mol. The van der Waals surface area contributed by atoms with Gasteiger partial charge in [-0.05, 0) is 63.8 Å². The lowest BCUT2D eigenvalue weighted by molar-refractivity contribution is 0.00578. The summed E-state index contributed by atoms with van der Waals surface area (Å²) in [4.78, 5) is 13.7. The number of benzene rings is 2. The minimum absolute atomic E-state index is 0.0865. The maximum absolute atomic E-state index is 6.19. The van der Waals surface area contributed by atoms with Gasteiger partial charge in [-0.2, -0.15) is 4.98 Å². The molecule has 0 saturated carbocycles. The van der Waals surface area contributed by atoms with Gasteiger partial charge in [0, 0.05) is 6.20 Å². The van der Waals surface area contributed by atoms with Crippen LogP contribution in [0.15, 0.2) is 67.1 Å². The van der Waals surface area contributed by atoms with Crippen LogP contribution in [0.4, 0.5) is 5.95 Å². The van der Waals surface area contributed by atoms with Crippen molar-refractivity contribution in [2.45, 2.75) is 51.9 Å². The van der Waals surface area contributed by atoms with Crippen LogP contribution in [-0.4, -0.2) is 37.8 Å². The highest BCUT2D eigenvalue weighted by Gasteiger charge is 2.51. The molecule has 3 heterocycles. The van der Waals surface area contributed by atoms with Crippen molar-refractivity contribution in [2.75, 3.05) is 5.32 Å².